The van der Waals surface area contributed by atoms with Gasteiger partial charge in [-0.25, -0.2) is 0 Å². The molecule has 0 spiro atoms. The zero-order valence-electron chi connectivity index (χ0n) is 25.3. The monoisotopic (exact) mass is 572 g/mol. The van der Waals surface area contributed by atoms with Gasteiger partial charge >= 0.3 is 0 Å². The molecule has 0 aromatic heterocycles. The second kappa shape index (κ2) is 25.0. The molecule has 0 heterocycles. The Morgan fingerprint density at radius 2 is 1.08 bits per heavy atom. The minimum absolute atomic E-state index is 0. The lowest BCUT2D eigenvalue weighted by Gasteiger charge is -2.36. The molecule has 0 saturated heterocycles. The Hall–Kier alpha value is -0.350. The van der Waals surface area contributed by atoms with Crippen LogP contribution in [-0.2, 0) is 0 Å². The predicted octanol–water partition coefficient (Wildman–Crippen LogP) is 9.43. The largest absolute Gasteiger partial charge is 0.862 e. The highest BCUT2D eigenvalue weighted by molar-refractivity contribution is 8.93. The molecule has 36 heavy (non-hydrogen) atoms. The molecule has 0 fully saturated rings. The van der Waals surface area contributed by atoms with Crippen molar-refractivity contribution in [1.29, 1.82) is 0 Å². The van der Waals surface area contributed by atoms with Gasteiger partial charge in [0.2, 0.25) is 0 Å². The van der Waals surface area contributed by atoms with Gasteiger partial charge in [0.15, 0.2) is 0 Å². The average Bonchev–Trinajstić information content (AvgIpc) is 2.78. The summed E-state index contributed by atoms with van der Waals surface area (Å²) in [5.74, 6) is 0.0964. The van der Waals surface area contributed by atoms with E-state index in [0.717, 1.165) is 24.0 Å². The summed E-state index contributed by atoms with van der Waals surface area (Å²) in [6.45, 7) is 13.1. The van der Waals surface area contributed by atoms with Crippen molar-refractivity contribution in [3.8, 4) is 0 Å². The molecule has 0 saturated carbocycles. The molecule has 0 rings (SSSR count). The first-order valence-corrected chi connectivity index (χ1v) is 15.4. The van der Waals surface area contributed by atoms with Gasteiger partial charge in [-0.2, -0.15) is 0 Å². The van der Waals surface area contributed by atoms with Crippen LogP contribution in [0.15, 0.2) is 17.6 Å². The van der Waals surface area contributed by atoms with Crippen LogP contribution in [0.25, 0.3) is 0 Å². The number of hydrogen-bond acceptors (Lipinski definition) is 2. The van der Waals surface area contributed by atoms with Gasteiger partial charge in [-0.15, -0.1) is 17.0 Å². The van der Waals surface area contributed by atoms with Gasteiger partial charge in [0.05, 0.1) is 27.2 Å². The van der Waals surface area contributed by atoms with Gasteiger partial charge in [-0.3, -0.25) is 0 Å². The minimum atomic E-state index is 0. The molecule has 216 valence electrons. The molecule has 0 aromatic carbocycles. The van der Waals surface area contributed by atoms with Crippen molar-refractivity contribution < 1.29 is 9.59 Å². The van der Waals surface area contributed by atoms with Gasteiger partial charge in [0.1, 0.15) is 0 Å². The summed E-state index contributed by atoms with van der Waals surface area (Å²) < 4.78 is 0.888. The Morgan fingerprint density at radius 1 is 0.722 bits per heavy atom. The van der Waals surface area contributed by atoms with Crippen LogP contribution < -0.4 is 5.11 Å². The smallest absolute Gasteiger partial charge is 0.0967 e. The third-order valence-corrected chi connectivity index (χ3v) is 7.16. The standard InChI is InChI=1S/C32H64N2O.BrH/c1-7-9-10-11-12-13-14-15-16-17-18-19-20-21-22-23-24-25-26-27-31(35)33-29-32(3,4)30-34(5,6)28-8-2;/h8H,2,7,9-30H2,1,3-6H3;1H. The number of likely N-dealkylation sites (N-methyl/N-ethyl adjacent to an activating group) is 1. The van der Waals surface area contributed by atoms with Crippen LogP contribution in [0.3, 0.4) is 0 Å². The topological polar surface area (TPSA) is 35.4 Å². The zero-order valence-corrected chi connectivity index (χ0v) is 27.0. The number of rotatable bonds is 26. The molecule has 0 atom stereocenters. The number of nitrogens with zero attached hydrogens (tertiary/aromatic N) is 2. The lowest BCUT2D eigenvalue weighted by molar-refractivity contribution is -0.890. The van der Waals surface area contributed by atoms with Gasteiger partial charge in [-0.1, -0.05) is 143 Å². The lowest BCUT2D eigenvalue weighted by Crippen LogP contribution is -2.47. The number of unbranched alkanes of at least 4 members (excludes halogenated alkanes) is 18. The maximum atomic E-state index is 12.2. The summed E-state index contributed by atoms with van der Waals surface area (Å²) in [5.41, 5.74) is 0.0374. The van der Waals surface area contributed by atoms with Crippen molar-refractivity contribution in [3.05, 3.63) is 12.7 Å². The minimum Gasteiger partial charge on any atom is -0.862 e. The highest BCUT2D eigenvalue weighted by Gasteiger charge is 2.27. The van der Waals surface area contributed by atoms with E-state index in [2.05, 4.69) is 46.4 Å². The van der Waals surface area contributed by atoms with E-state index in [1.54, 1.807) is 0 Å². The van der Waals surface area contributed by atoms with E-state index < -0.39 is 0 Å². The summed E-state index contributed by atoms with van der Waals surface area (Å²) in [6, 6.07) is 0. The molecule has 0 N–H and O–H groups in total. The summed E-state index contributed by atoms with van der Waals surface area (Å²) in [4.78, 5) is 4.38. The van der Waals surface area contributed by atoms with Crippen molar-refractivity contribution in [3.63, 3.8) is 0 Å². The number of halogens is 1. The van der Waals surface area contributed by atoms with Gasteiger partial charge in [0, 0.05) is 12.0 Å². The van der Waals surface area contributed by atoms with Crippen molar-refractivity contribution >= 4 is 22.9 Å². The fraction of sp³-hybridized carbons (Fsp3) is 0.906. The Labute approximate surface area is 238 Å². The quantitative estimate of drug-likeness (QED) is 0.0334. The Morgan fingerprint density at radius 3 is 1.44 bits per heavy atom. The summed E-state index contributed by atoms with van der Waals surface area (Å²) in [5, 5.41) is 12.2. The van der Waals surface area contributed by atoms with Crippen LogP contribution in [0, 0.1) is 5.41 Å². The number of quaternary nitrogens is 1. The molecular formula is C32H65BrN2O. The maximum absolute atomic E-state index is 12.2. The summed E-state index contributed by atoms with van der Waals surface area (Å²) >= 11 is 0. The van der Waals surface area contributed by atoms with Crippen LogP contribution in [0.5, 0.6) is 0 Å². The average molecular weight is 574 g/mol. The fourth-order valence-electron chi connectivity index (χ4n) is 5.36. The second-order valence-corrected chi connectivity index (χ2v) is 12.6. The van der Waals surface area contributed by atoms with Crippen LogP contribution in [-0.4, -0.2) is 44.1 Å². The number of hydrogen-bond donors (Lipinski definition) is 0. The zero-order chi connectivity index (χ0) is 26.3. The molecule has 0 unspecified atom stereocenters. The molecular weight excluding hydrogens is 508 g/mol. The lowest BCUT2D eigenvalue weighted by atomic mass is 9.92. The van der Waals surface area contributed by atoms with Crippen LogP contribution in [0.4, 0.5) is 0 Å². The molecule has 0 aromatic rings. The van der Waals surface area contributed by atoms with E-state index in [9.17, 15) is 5.11 Å². The Kier molecular flexibility index (Phi) is 26.2. The van der Waals surface area contributed by atoms with Crippen molar-refractivity contribution in [2.75, 3.05) is 33.7 Å². The van der Waals surface area contributed by atoms with E-state index in [1.807, 2.05) is 6.08 Å². The first kappa shape index (κ1) is 37.8. The first-order valence-electron chi connectivity index (χ1n) is 15.4. The molecule has 0 aliphatic rings. The molecule has 0 bridgehead atoms. The molecule has 4 heteroatoms. The van der Waals surface area contributed by atoms with Crippen LogP contribution >= 0.6 is 17.0 Å². The normalized spacial score (nSPS) is 12.5. The second-order valence-electron chi connectivity index (χ2n) is 12.6. The fourth-order valence-corrected chi connectivity index (χ4v) is 5.36. The van der Waals surface area contributed by atoms with Gasteiger partial charge < -0.3 is 14.6 Å². The predicted molar refractivity (Wildman–Crippen MR) is 166 cm³/mol. The third kappa shape index (κ3) is 26.7. The van der Waals surface area contributed by atoms with Crippen molar-refractivity contribution in [2.45, 2.75) is 149 Å². The Balaban J connectivity index is 0. The van der Waals surface area contributed by atoms with E-state index in [0.29, 0.717) is 13.0 Å². The van der Waals surface area contributed by atoms with Crippen molar-refractivity contribution in [2.24, 2.45) is 10.4 Å². The summed E-state index contributed by atoms with van der Waals surface area (Å²) in [7, 11) is 4.42. The van der Waals surface area contributed by atoms with E-state index >= 15 is 0 Å². The first-order chi connectivity index (χ1) is 16.7. The van der Waals surface area contributed by atoms with E-state index in [4.69, 9.17) is 0 Å². The van der Waals surface area contributed by atoms with Gasteiger partial charge in [0.25, 0.3) is 0 Å². The third-order valence-electron chi connectivity index (χ3n) is 7.16. The molecule has 3 nitrogen and oxygen atoms in total. The highest BCUT2D eigenvalue weighted by atomic mass is 79.9. The van der Waals surface area contributed by atoms with Crippen LogP contribution in [0.2, 0.25) is 0 Å². The molecule has 0 radical (unpaired) electrons. The molecule has 0 aliphatic carbocycles. The molecule has 0 aliphatic heterocycles. The van der Waals surface area contributed by atoms with Gasteiger partial charge in [-0.05, 0) is 24.8 Å². The highest BCUT2D eigenvalue weighted by Crippen LogP contribution is 2.20. The van der Waals surface area contributed by atoms with Crippen molar-refractivity contribution in [1.82, 2.24) is 0 Å². The Bertz CT molecular complexity index is 516. The number of aliphatic imine (C=N–C) groups is 1. The SMILES string of the molecule is Br.C=CC[N+](C)(C)CC(C)(C)CN=C([O-])CCCCCCCCCCCCCCCCCCCCC. The van der Waals surface area contributed by atoms with E-state index in [-0.39, 0.29) is 28.3 Å². The molecule has 0 amide bonds. The summed E-state index contributed by atoms with van der Waals surface area (Å²) in [6.07, 6.45) is 28.8. The van der Waals surface area contributed by atoms with Crippen LogP contribution in [0.1, 0.15) is 149 Å². The maximum Gasteiger partial charge on any atom is 0.0967 e. The van der Waals surface area contributed by atoms with E-state index in [1.165, 1.54) is 116 Å².